The molecule has 1 aliphatic heterocycles. The number of hydrogen-bond acceptors (Lipinski definition) is 3. The molecule has 2 aromatic heterocycles. The van der Waals surface area contributed by atoms with Gasteiger partial charge in [-0.15, -0.1) is 0 Å². The zero-order valence-electron chi connectivity index (χ0n) is 33.7. The fourth-order valence-corrected chi connectivity index (χ4v) is 9.54. The normalized spacial score (nSPS) is 18.5. The van der Waals surface area contributed by atoms with Crippen molar-refractivity contribution in [2.24, 2.45) is 5.41 Å². The summed E-state index contributed by atoms with van der Waals surface area (Å²) in [7, 11) is 1.73. The number of benzene rings is 6. The average molecular weight is 765 g/mol. The number of methoxy groups -OCH3 is 1. The number of para-hydroxylation sites is 2. The monoisotopic (exact) mass is 764 g/mol. The van der Waals surface area contributed by atoms with Crippen molar-refractivity contribution in [2.45, 2.75) is 45.1 Å². The van der Waals surface area contributed by atoms with Crippen LogP contribution in [0.1, 0.15) is 50.2 Å². The molecule has 4 heteroatoms. The number of fused-ring (bicyclic) bond motifs is 9. The number of aromatic nitrogens is 1. The van der Waals surface area contributed by atoms with Gasteiger partial charge in [-0.3, -0.25) is 0 Å². The van der Waals surface area contributed by atoms with Crippen LogP contribution in [0.15, 0.2) is 180 Å². The van der Waals surface area contributed by atoms with Gasteiger partial charge in [0.05, 0.1) is 24.2 Å². The molecule has 0 fully saturated rings. The first-order valence-corrected chi connectivity index (χ1v) is 20.6. The van der Waals surface area contributed by atoms with E-state index in [0.717, 1.165) is 61.8 Å². The Morgan fingerprint density at radius 3 is 2.32 bits per heavy atom. The summed E-state index contributed by atoms with van der Waals surface area (Å²) in [4.78, 5) is 2.53. The van der Waals surface area contributed by atoms with Gasteiger partial charge < -0.3 is 18.6 Å². The molecule has 0 saturated carbocycles. The van der Waals surface area contributed by atoms with Crippen molar-refractivity contribution in [2.75, 3.05) is 12.0 Å². The molecule has 3 aliphatic rings. The number of rotatable bonds is 5. The Morgan fingerprint density at radius 2 is 1.47 bits per heavy atom. The maximum atomic E-state index is 6.89. The van der Waals surface area contributed by atoms with Crippen molar-refractivity contribution >= 4 is 49.4 Å². The molecule has 3 unspecified atom stereocenters. The molecule has 4 nitrogen and oxygen atoms in total. The first-order valence-electron chi connectivity index (χ1n) is 20.6. The molecule has 0 N–H and O–H groups in total. The zero-order chi connectivity index (χ0) is 39.8. The van der Waals surface area contributed by atoms with E-state index in [4.69, 9.17) is 9.15 Å². The molecule has 3 heterocycles. The molecule has 0 spiro atoms. The van der Waals surface area contributed by atoms with Gasteiger partial charge in [-0.05, 0) is 105 Å². The Kier molecular flexibility index (Phi) is 8.10. The van der Waals surface area contributed by atoms with Crippen LogP contribution in [0.5, 0.6) is 5.75 Å². The second-order valence-corrected chi connectivity index (χ2v) is 17.1. The Bertz CT molecular complexity index is 3190. The highest BCUT2D eigenvalue weighted by atomic mass is 16.5. The number of allylic oxidation sites excluding steroid dienone is 5. The third-order valence-corrected chi connectivity index (χ3v) is 12.2. The van der Waals surface area contributed by atoms with Gasteiger partial charge in [0.15, 0.2) is 0 Å². The lowest BCUT2D eigenvalue weighted by molar-refractivity contribution is 0.415. The number of furan rings is 1. The predicted octanol–water partition coefficient (Wildman–Crippen LogP) is 13.8. The van der Waals surface area contributed by atoms with Crippen LogP contribution in [0.25, 0.3) is 60.6 Å². The van der Waals surface area contributed by atoms with Gasteiger partial charge >= 0.3 is 0 Å². The highest BCUT2D eigenvalue weighted by molar-refractivity contribution is 6.12. The van der Waals surface area contributed by atoms with Gasteiger partial charge in [0.1, 0.15) is 16.9 Å². The minimum atomic E-state index is -0.108. The lowest BCUT2D eigenvalue weighted by atomic mass is 9.85. The SMILES string of the molecule is COc1ccc2c(c1)c1cc(-c3ccccc3)ccc1n2-c1ccc2oc3c(C4C=C(N5c6ccccc6C6C=CC=CC65)C=C(C#CC(C)(C)C)C4)cccc3c2c1. The van der Waals surface area contributed by atoms with Crippen molar-refractivity contribution in [3.05, 3.63) is 186 Å². The van der Waals surface area contributed by atoms with Crippen LogP contribution in [-0.4, -0.2) is 17.7 Å². The number of nitrogens with zero attached hydrogens (tertiary/aromatic N) is 2. The summed E-state index contributed by atoms with van der Waals surface area (Å²) in [6.07, 6.45) is 14.7. The summed E-state index contributed by atoms with van der Waals surface area (Å²) >= 11 is 0. The van der Waals surface area contributed by atoms with Crippen LogP contribution in [0.4, 0.5) is 5.69 Å². The Morgan fingerprint density at radius 1 is 0.695 bits per heavy atom. The average Bonchev–Trinajstić information content (AvgIpc) is 3.92. The summed E-state index contributed by atoms with van der Waals surface area (Å²) in [5, 5.41) is 4.56. The van der Waals surface area contributed by atoms with Crippen LogP contribution < -0.4 is 9.64 Å². The van der Waals surface area contributed by atoms with Crippen molar-refractivity contribution in [3.63, 3.8) is 0 Å². The van der Waals surface area contributed by atoms with E-state index in [9.17, 15) is 0 Å². The van der Waals surface area contributed by atoms with Crippen LogP contribution in [0.3, 0.4) is 0 Å². The van der Waals surface area contributed by atoms with Gasteiger partial charge in [-0.25, -0.2) is 0 Å². The van der Waals surface area contributed by atoms with E-state index in [1.165, 1.54) is 39.0 Å². The van der Waals surface area contributed by atoms with Crippen molar-refractivity contribution in [1.29, 1.82) is 0 Å². The summed E-state index contributed by atoms with van der Waals surface area (Å²) in [6.45, 7) is 6.54. The molecule has 8 aromatic rings. The number of hydrogen-bond donors (Lipinski definition) is 0. The molecule has 0 radical (unpaired) electrons. The minimum Gasteiger partial charge on any atom is -0.497 e. The second kappa shape index (κ2) is 13.6. The maximum absolute atomic E-state index is 6.89. The molecule has 59 heavy (non-hydrogen) atoms. The topological polar surface area (TPSA) is 30.5 Å². The first kappa shape index (κ1) is 35.2. The van der Waals surface area contributed by atoms with Gasteiger partial charge in [-0.2, -0.15) is 0 Å². The highest BCUT2D eigenvalue weighted by Gasteiger charge is 2.38. The van der Waals surface area contributed by atoms with E-state index in [-0.39, 0.29) is 17.4 Å². The van der Waals surface area contributed by atoms with E-state index < -0.39 is 0 Å². The van der Waals surface area contributed by atoms with Crippen molar-refractivity contribution in [3.8, 4) is 34.4 Å². The summed E-state index contributed by atoms with van der Waals surface area (Å²) < 4.78 is 15.0. The molecule has 11 rings (SSSR count). The molecule has 2 aliphatic carbocycles. The van der Waals surface area contributed by atoms with Crippen LogP contribution in [0, 0.1) is 17.3 Å². The molecule has 0 amide bonds. The Hall–Kier alpha value is -6.96. The Labute approximate surface area is 345 Å². The predicted molar refractivity (Wildman–Crippen MR) is 245 cm³/mol. The fraction of sp³-hybridized carbons (Fsp3) is 0.164. The summed E-state index contributed by atoms with van der Waals surface area (Å²) in [6, 6.07) is 46.1. The molecule has 6 aromatic carbocycles. The van der Waals surface area contributed by atoms with Crippen LogP contribution in [0.2, 0.25) is 0 Å². The van der Waals surface area contributed by atoms with Crippen LogP contribution in [-0.2, 0) is 0 Å². The standard InChI is InChI=1S/C55H44N2O2/c1-55(2,3)28-27-35-29-38(31-40(30-35)57-49-19-10-8-15-43(49)44-16-9-11-20-50(44)57)42-17-12-18-45-48-33-39(22-26-53(48)59-54(42)45)56-51-24-21-37(36-13-6-5-7-14-36)32-46(51)47-34-41(58-4)23-25-52(47)56/h5-26,30-34,38,43,49H,29H2,1-4H3. The molecule has 0 bridgehead atoms. The summed E-state index contributed by atoms with van der Waals surface area (Å²) in [5.74, 6) is 8.40. The largest absolute Gasteiger partial charge is 0.497 e. The minimum absolute atomic E-state index is 0.0726. The van der Waals surface area contributed by atoms with Gasteiger partial charge in [0, 0.05) is 67.0 Å². The quantitative estimate of drug-likeness (QED) is 0.164. The maximum Gasteiger partial charge on any atom is 0.139 e. The Balaban J connectivity index is 1.05. The third-order valence-electron chi connectivity index (χ3n) is 12.2. The number of anilines is 1. The molecular weight excluding hydrogens is 721 g/mol. The lowest BCUT2D eigenvalue weighted by Crippen LogP contribution is -2.32. The van der Waals surface area contributed by atoms with Gasteiger partial charge in [0.25, 0.3) is 0 Å². The number of ether oxygens (including phenoxy) is 1. The smallest absolute Gasteiger partial charge is 0.139 e. The third kappa shape index (κ3) is 5.92. The van der Waals surface area contributed by atoms with E-state index >= 15 is 0 Å². The van der Waals surface area contributed by atoms with Gasteiger partial charge in [-0.1, -0.05) is 115 Å². The van der Waals surface area contributed by atoms with Crippen molar-refractivity contribution in [1.82, 2.24) is 4.57 Å². The second-order valence-electron chi connectivity index (χ2n) is 17.1. The highest BCUT2D eigenvalue weighted by Crippen LogP contribution is 2.48. The van der Waals surface area contributed by atoms with Crippen molar-refractivity contribution < 1.29 is 9.15 Å². The lowest BCUT2D eigenvalue weighted by Gasteiger charge is -2.32. The molecule has 0 saturated heterocycles. The zero-order valence-corrected chi connectivity index (χ0v) is 33.7. The van der Waals surface area contributed by atoms with Crippen LogP contribution >= 0.6 is 0 Å². The summed E-state index contributed by atoms with van der Waals surface area (Å²) in [5.41, 5.74) is 13.6. The van der Waals surface area contributed by atoms with Gasteiger partial charge in [0.2, 0.25) is 0 Å². The molecule has 286 valence electrons. The van der Waals surface area contributed by atoms with E-state index in [0.29, 0.717) is 5.92 Å². The molecule has 3 atom stereocenters. The first-order chi connectivity index (χ1) is 28.8. The fourth-order valence-electron chi connectivity index (χ4n) is 9.54. The van der Waals surface area contributed by atoms with E-state index in [1.54, 1.807) is 7.11 Å². The van der Waals surface area contributed by atoms with E-state index in [2.05, 4.69) is 206 Å². The van der Waals surface area contributed by atoms with E-state index in [1.807, 2.05) is 0 Å². The molecular formula is C55H44N2O2.